The Morgan fingerprint density at radius 1 is 0.299 bits per heavy atom. The van der Waals surface area contributed by atoms with Crippen LogP contribution in [0.1, 0.15) is 347 Å². The molecule has 0 atom stereocenters. The first-order chi connectivity index (χ1) is 57.5. The van der Waals surface area contributed by atoms with Crippen molar-refractivity contribution in [1.29, 1.82) is 0 Å². The quantitative estimate of drug-likeness (QED) is 0.0440. The molecule has 6 aromatic carbocycles. The summed E-state index contributed by atoms with van der Waals surface area (Å²) >= 11 is 0.293. The third-order valence-electron chi connectivity index (χ3n) is 27.5. The van der Waals surface area contributed by atoms with Crippen molar-refractivity contribution in [2.45, 2.75) is 393 Å². The molecule has 0 aromatic heterocycles. The maximum atomic E-state index is 6.12. The van der Waals surface area contributed by atoms with E-state index in [2.05, 4.69) is 205 Å². The van der Waals surface area contributed by atoms with Crippen molar-refractivity contribution in [3.63, 3.8) is 0 Å². The molecule has 0 saturated heterocycles. The van der Waals surface area contributed by atoms with Gasteiger partial charge in [-0.05, 0) is 253 Å². The Morgan fingerprint density at radius 2 is 0.504 bits per heavy atom. The third kappa shape index (κ3) is 38.2. The van der Waals surface area contributed by atoms with Gasteiger partial charge in [0.2, 0.25) is 0 Å². The Kier molecular flexibility index (Phi) is 51.7. The second-order valence-electron chi connectivity index (χ2n) is 36.2. The van der Waals surface area contributed by atoms with Crippen LogP contribution in [0, 0.1) is 0 Å². The fraction of sp³-hybridized carbons (Fsp3) is 0.596. The summed E-state index contributed by atoms with van der Waals surface area (Å²) in [6.07, 6.45) is 75.3. The molecule has 9 aliphatic rings. The van der Waals surface area contributed by atoms with Gasteiger partial charge in [0.05, 0.1) is 50.9 Å². The Morgan fingerprint density at radius 3 is 0.701 bits per heavy atom. The number of hydrogen-bond donors (Lipinski definition) is 0. The Labute approximate surface area is 758 Å². The molecule has 117 heavy (non-hydrogen) atoms. The molecule has 0 heterocycles. The predicted octanol–water partition coefficient (Wildman–Crippen LogP) is 33.5. The van der Waals surface area contributed by atoms with Crippen molar-refractivity contribution in [2.24, 2.45) is 0 Å². The van der Waals surface area contributed by atoms with E-state index in [4.69, 9.17) is 38.8 Å². The summed E-state index contributed by atoms with van der Waals surface area (Å²) in [6.45, 7) is 13.4. The van der Waals surface area contributed by atoms with Crippen LogP contribution in [0.2, 0.25) is 0 Å². The Hall–Kier alpha value is -1.03. The first-order valence-corrected chi connectivity index (χ1v) is 64.4. The van der Waals surface area contributed by atoms with E-state index in [1.165, 1.54) is 95.4 Å². The van der Waals surface area contributed by atoms with Gasteiger partial charge in [-0.15, -0.1) is 0 Å². The van der Waals surface area contributed by atoms with E-state index < -0.39 is 27.0 Å². The van der Waals surface area contributed by atoms with E-state index in [0.717, 1.165) is 44.8 Å². The molecule has 2 nitrogen and oxygen atoms in total. The van der Waals surface area contributed by atoms with E-state index in [9.17, 15) is 0 Å². The molecular weight excluding hydrogens is 1810 g/mol. The standard InChI is InChI=1S/C23H23N.C22H21N.3C18H33P.C5H8.5ClH.Cu.2Ru/c1-2-22-15-9-10-16-23(22)19-24(17-20-11-5-3-6-12-20)18-21-13-7-4-8-14-21;1-19-10-8-9-15-22(19)18-23(16-20-11-4-2-5-12-20)17-21-13-6-3-7-14-21;3*1-4-10-16(11-5-1)19(17-12-6-2-7-13-17)18-14-8-3-9-15-18;1-4-5(2)3;;;;;;;;/h2-16H,1,17-19H2;1-15H,16-18H2;3*16-18H,1-15H2;1,4H,2-3H3;5*1H;;;/q;;;;;;;;;;;+1;2*+2/p-2. The molecule has 9 saturated carbocycles. The molecule has 0 bridgehead atoms. The summed E-state index contributed by atoms with van der Waals surface area (Å²) in [4.78, 5) is 4.93. The van der Waals surface area contributed by atoms with Gasteiger partial charge in [-0.25, -0.2) is 0 Å². The van der Waals surface area contributed by atoms with Crippen LogP contribution in [0.3, 0.4) is 0 Å². The zero-order valence-electron chi connectivity index (χ0n) is 72.2. The average Bonchev–Trinajstić information content (AvgIpc) is 0.828. The van der Waals surface area contributed by atoms with E-state index in [-0.39, 0.29) is 23.8 Å². The van der Waals surface area contributed by atoms with Crippen LogP contribution in [-0.2, 0) is 81.4 Å². The van der Waals surface area contributed by atoms with Crippen molar-refractivity contribution in [1.82, 2.24) is 9.80 Å². The molecule has 0 radical (unpaired) electrons. The van der Waals surface area contributed by atoms with Crippen LogP contribution in [0.4, 0.5) is 0 Å². The van der Waals surface area contributed by atoms with Gasteiger partial charge in [0.1, 0.15) is 0 Å². The molecule has 0 unspecified atom stereocenters. The molecule has 9 aliphatic carbocycles. The number of hydrogen-bond acceptors (Lipinski definition) is 2. The summed E-state index contributed by atoms with van der Waals surface area (Å²) < 4.78 is 3.91. The van der Waals surface area contributed by atoms with Crippen LogP contribution >= 0.6 is 72.6 Å². The van der Waals surface area contributed by atoms with Gasteiger partial charge < -0.3 is 0 Å². The number of halogens is 5. The SMILES string of the molecule is C1CCC([PH+](C2CCCCC2)C2CCCCC2)CC1.C1CCC([PH+](C2CCCCC2)C2CCCCC2)CC1.C1CCC([PH+](C2CCCCC2)C2CCCCC2)CC1.C=Cc1ccccc1CN(Cc1ccccc1)Cc1ccccc1.CC(C)=C[CH]=[Ru]([Cl])[Cl].[Cl][Cu].[Cl][Ru]([Cl])=[CH]c1ccccc1CN(Cc1ccccc1)Cc1ccccc1. The van der Waals surface area contributed by atoms with Crippen molar-refractivity contribution in [3.8, 4) is 0 Å². The zero-order valence-corrected chi connectivity index (χ0v) is 83.4. The number of rotatable bonds is 24. The van der Waals surface area contributed by atoms with E-state index in [0.29, 0.717) is 0 Å². The summed E-state index contributed by atoms with van der Waals surface area (Å²) in [6, 6.07) is 59.4. The number of allylic oxidation sites excluding steroid dienone is 2. The van der Waals surface area contributed by atoms with Crippen molar-refractivity contribution in [3.05, 3.63) is 233 Å². The second-order valence-corrected chi connectivity index (χ2v) is 58.1. The van der Waals surface area contributed by atoms with Gasteiger partial charge in [-0.3, -0.25) is 4.90 Å². The molecule has 0 N–H and O–H groups in total. The van der Waals surface area contributed by atoms with Crippen molar-refractivity contribution < 1.29 is 42.1 Å². The van der Waals surface area contributed by atoms with Gasteiger partial charge in [0, 0.05) is 43.4 Å². The average molecular weight is 1970 g/mol. The number of nitrogens with zero attached hydrogens (tertiary/aromatic N) is 2. The van der Waals surface area contributed by atoms with E-state index in [1.807, 2.05) is 41.3 Å². The fourth-order valence-electron chi connectivity index (χ4n) is 22.0. The van der Waals surface area contributed by atoms with Crippen LogP contribution in [0.15, 0.2) is 188 Å². The van der Waals surface area contributed by atoms with E-state index >= 15 is 0 Å². The molecule has 0 amide bonds. The molecule has 0 aliphatic heterocycles. The topological polar surface area (TPSA) is 6.48 Å². The predicted molar refractivity (Wildman–Crippen MR) is 521 cm³/mol. The van der Waals surface area contributed by atoms with Crippen LogP contribution in [-0.4, -0.2) is 69.9 Å². The van der Waals surface area contributed by atoms with Crippen LogP contribution in [0.5, 0.6) is 0 Å². The first-order valence-electron chi connectivity index (χ1n) is 46.9. The first kappa shape index (κ1) is 99.7. The maximum absolute atomic E-state index is 6.12. The summed E-state index contributed by atoms with van der Waals surface area (Å²) in [5, 5.41) is 0. The molecule has 9 fully saturated rings. The number of benzene rings is 6. The van der Waals surface area contributed by atoms with Gasteiger partial charge in [-0.2, -0.15) is 0 Å². The monoisotopic (exact) mass is 1970 g/mol. The fourth-order valence-corrected chi connectivity index (χ4v) is 40.9. The van der Waals surface area contributed by atoms with Gasteiger partial charge in [0.25, 0.3) is 0 Å². The van der Waals surface area contributed by atoms with Crippen LogP contribution < -0.4 is 0 Å². The van der Waals surface area contributed by atoms with Gasteiger partial charge >= 0.3 is 257 Å². The molecule has 654 valence electrons. The normalized spacial score (nSPS) is 19.6. The summed E-state index contributed by atoms with van der Waals surface area (Å²) in [7, 11) is 27.4. The molecule has 6 aromatic rings. The van der Waals surface area contributed by atoms with E-state index in [1.54, 1.807) is 289 Å². The summed E-state index contributed by atoms with van der Waals surface area (Å²) in [5.74, 6) is 0. The molecule has 0 spiro atoms. The van der Waals surface area contributed by atoms with Gasteiger partial charge in [0.15, 0.2) is 0 Å². The molecular formula is C104H154Cl5CuN2P3Ru2+3. The third-order valence-corrected chi connectivity index (χ3v) is 44.8. The second kappa shape index (κ2) is 60.6. The minimum absolute atomic E-state index is 0.0465. The van der Waals surface area contributed by atoms with Gasteiger partial charge in [-0.1, -0.05) is 155 Å². The Balaban J connectivity index is 0.000000163. The minimum atomic E-state index is -1.85. The summed E-state index contributed by atoms with van der Waals surface area (Å²) in [5.41, 5.74) is 22.5. The molecule has 13 heteroatoms. The Bertz CT molecular complexity index is 3270. The zero-order chi connectivity index (χ0) is 82.1. The van der Waals surface area contributed by atoms with Crippen molar-refractivity contribution >= 4 is 87.9 Å². The van der Waals surface area contributed by atoms with Crippen molar-refractivity contribution in [2.75, 3.05) is 0 Å². The van der Waals surface area contributed by atoms with Crippen LogP contribution in [0.25, 0.3) is 6.08 Å². The molecule has 15 rings (SSSR count).